The minimum Gasteiger partial charge on any atom is -0.345 e. The number of carbonyl (C=O) groups is 2. The average Bonchev–Trinajstić information content (AvgIpc) is 2.45. The molecule has 20 heavy (non-hydrogen) atoms. The molecule has 1 rings (SSSR count). The molecule has 0 aliphatic carbocycles. The van der Waals surface area contributed by atoms with Crippen molar-refractivity contribution in [2.75, 3.05) is 13.1 Å². The fraction of sp³-hybridized carbons (Fsp3) is 0.875. The van der Waals surface area contributed by atoms with Crippen LogP contribution in [0.15, 0.2) is 0 Å². The largest absolute Gasteiger partial charge is 0.345 e. The lowest BCUT2D eigenvalue weighted by Gasteiger charge is -2.34. The first-order chi connectivity index (χ1) is 9.70. The third-order valence-corrected chi connectivity index (χ3v) is 4.05. The van der Waals surface area contributed by atoms with Gasteiger partial charge in [-0.3, -0.25) is 9.59 Å². The molecule has 0 aromatic heterocycles. The maximum absolute atomic E-state index is 11.9. The second kappa shape index (κ2) is 9.78. The van der Waals surface area contributed by atoms with Gasteiger partial charge in [0.05, 0.1) is 6.54 Å². The predicted octanol–water partition coefficient (Wildman–Crippen LogP) is 2.86. The van der Waals surface area contributed by atoms with Gasteiger partial charge >= 0.3 is 0 Å². The van der Waals surface area contributed by atoms with E-state index in [2.05, 4.69) is 12.2 Å². The molecule has 2 amide bonds. The SMILES string of the molecule is CCCCCCCCCCN1C(=O)CNC(=O)C1CC. The van der Waals surface area contributed by atoms with Gasteiger partial charge in [-0.1, -0.05) is 58.8 Å². The van der Waals surface area contributed by atoms with Crippen LogP contribution < -0.4 is 5.32 Å². The molecule has 4 nitrogen and oxygen atoms in total. The van der Waals surface area contributed by atoms with Gasteiger partial charge in [-0.2, -0.15) is 0 Å². The van der Waals surface area contributed by atoms with Crippen molar-refractivity contribution in [3.8, 4) is 0 Å². The Balaban J connectivity index is 2.16. The van der Waals surface area contributed by atoms with E-state index < -0.39 is 0 Å². The molecule has 0 aromatic carbocycles. The van der Waals surface area contributed by atoms with Crippen molar-refractivity contribution in [3.05, 3.63) is 0 Å². The highest BCUT2D eigenvalue weighted by Gasteiger charge is 2.32. The number of hydrogen-bond acceptors (Lipinski definition) is 2. The number of carbonyl (C=O) groups excluding carboxylic acids is 2. The van der Waals surface area contributed by atoms with Crippen molar-refractivity contribution < 1.29 is 9.59 Å². The van der Waals surface area contributed by atoms with Gasteiger partial charge < -0.3 is 10.2 Å². The Hall–Kier alpha value is -1.06. The van der Waals surface area contributed by atoms with E-state index in [1.807, 2.05) is 6.92 Å². The minimum absolute atomic E-state index is 0.00617. The van der Waals surface area contributed by atoms with Crippen molar-refractivity contribution >= 4 is 11.8 Å². The van der Waals surface area contributed by atoms with E-state index in [0.717, 1.165) is 19.4 Å². The van der Waals surface area contributed by atoms with Gasteiger partial charge in [-0.25, -0.2) is 0 Å². The van der Waals surface area contributed by atoms with Gasteiger partial charge in [0, 0.05) is 6.54 Å². The molecule has 1 unspecified atom stereocenters. The standard InChI is InChI=1S/C16H30N2O2/c1-3-5-6-7-8-9-10-11-12-18-14(4-2)16(20)17-13-15(18)19/h14H,3-13H2,1-2H3,(H,17,20). The van der Waals surface area contributed by atoms with E-state index in [-0.39, 0.29) is 24.4 Å². The summed E-state index contributed by atoms with van der Waals surface area (Å²) in [4.78, 5) is 25.3. The molecule has 116 valence electrons. The molecule has 4 heteroatoms. The summed E-state index contributed by atoms with van der Waals surface area (Å²) in [6.07, 6.45) is 10.7. The van der Waals surface area contributed by atoms with Gasteiger partial charge in [-0.15, -0.1) is 0 Å². The summed E-state index contributed by atoms with van der Waals surface area (Å²) < 4.78 is 0. The van der Waals surface area contributed by atoms with Crippen LogP contribution in [0.25, 0.3) is 0 Å². The van der Waals surface area contributed by atoms with Crippen LogP contribution in [0, 0.1) is 0 Å². The molecule has 0 saturated carbocycles. The Morgan fingerprint density at radius 2 is 1.60 bits per heavy atom. The Morgan fingerprint density at radius 1 is 1.00 bits per heavy atom. The number of piperazine rings is 1. The monoisotopic (exact) mass is 282 g/mol. The maximum Gasteiger partial charge on any atom is 0.243 e. The zero-order valence-electron chi connectivity index (χ0n) is 13.1. The summed E-state index contributed by atoms with van der Waals surface area (Å²) in [6.45, 7) is 5.10. The first-order valence-electron chi connectivity index (χ1n) is 8.27. The number of hydrogen-bond donors (Lipinski definition) is 1. The molecule has 1 atom stereocenters. The van der Waals surface area contributed by atoms with Gasteiger partial charge in [0.2, 0.25) is 11.8 Å². The smallest absolute Gasteiger partial charge is 0.243 e. The lowest BCUT2D eigenvalue weighted by Crippen LogP contribution is -2.58. The topological polar surface area (TPSA) is 49.4 Å². The van der Waals surface area contributed by atoms with Crippen LogP contribution in [0.2, 0.25) is 0 Å². The lowest BCUT2D eigenvalue weighted by atomic mass is 10.1. The number of rotatable bonds is 10. The summed E-state index contributed by atoms with van der Waals surface area (Å²) >= 11 is 0. The molecule has 1 saturated heterocycles. The van der Waals surface area contributed by atoms with E-state index >= 15 is 0 Å². The highest BCUT2D eigenvalue weighted by Crippen LogP contribution is 2.13. The molecular weight excluding hydrogens is 252 g/mol. The van der Waals surface area contributed by atoms with E-state index in [1.165, 1.54) is 38.5 Å². The summed E-state index contributed by atoms with van der Waals surface area (Å²) in [5.74, 6) is 0.0751. The van der Waals surface area contributed by atoms with E-state index in [9.17, 15) is 9.59 Å². The Morgan fingerprint density at radius 3 is 2.20 bits per heavy atom. The Labute approximate surface area is 123 Å². The highest BCUT2D eigenvalue weighted by atomic mass is 16.2. The maximum atomic E-state index is 11.9. The molecule has 1 heterocycles. The van der Waals surface area contributed by atoms with Crippen molar-refractivity contribution in [2.24, 2.45) is 0 Å². The molecule has 1 N–H and O–H groups in total. The van der Waals surface area contributed by atoms with Crippen molar-refractivity contribution in [2.45, 2.75) is 77.7 Å². The summed E-state index contributed by atoms with van der Waals surface area (Å²) in [5.41, 5.74) is 0. The highest BCUT2D eigenvalue weighted by molar-refractivity contribution is 5.94. The van der Waals surface area contributed by atoms with Crippen molar-refractivity contribution in [1.82, 2.24) is 10.2 Å². The molecule has 0 spiro atoms. The molecule has 0 radical (unpaired) electrons. The van der Waals surface area contributed by atoms with Crippen LogP contribution in [0.4, 0.5) is 0 Å². The van der Waals surface area contributed by atoms with Gasteiger partial charge in [0.15, 0.2) is 0 Å². The summed E-state index contributed by atoms with van der Waals surface area (Å²) in [5, 5.41) is 2.66. The van der Waals surface area contributed by atoms with Gasteiger partial charge in [-0.05, 0) is 12.8 Å². The third kappa shape index (κ3) is 5.51. The average molecular weight is 282 g/mol. The summed E-state index contributed by atoms with van der Waals surface area (Å²) in [6, 6.07) is -0.249. The third-order valence-electron chi connectivity index (χ3n) is 4.05. The lowest BCUT2D eigenvalue weighted by molar-refractivity contribution is -0.145. The second-order valence-electron chi connectivity index (χ2n) is 5.70. The second-order valence-corrected chi connectivity index (χ2v) is 5.70. The molecular formula is C16H30N2O2. The van der Waals surface area contributed by atoms with Crippen molar-refractivity contribution in [1.29, 1.82) is 0 Å². The van der Waals surface area contributed by atoms with Crippen LogP contribution in [0.5, 0.6) is 0 Å². The number of nitrogens with one attached hydrogen (secondary N) is 1. The molecule has 1 fully saturated rings. The first-order valence-corrected chi connectivity index (χ1v) is 8.27. The predicted molar refractivity (Wildman–Crippen MR) is 81.4 cm³/mol. The van der Waals surface area contributed by atoms with Crippen LogP contribution in [0.3, 0.4) is 0 Å². The fourth-order valence-corrected chi connectivity index (χ4v) is 2.80. The molecule has 0 aromatic rings. The van der Waals surface area contributed by atoms with E-state index in [0.29, 0.717) is 6.42 Å². The zero-order chi connectivity index (χ0) is 14.8. The normalized spacial score (nSPS) is 19.3. The van der Waals surface area contributed by atoms with Crippen LogP contribution in [-0.2, 0) is 9.59 Å². The van der Waals surface area contributed by atoms with Crippen molar-refractivity contribution in [3.63, 3.8) is 0 Å². The molecule has 1 aliphatic heterocycles. The minimum atomic E-state index is -0.249. The molecule has 0 bridgehead atoms. The Bertz CT molecular complexity index is 305. The number of nitrogens with zero attached hydrogens (tertiary/aromatic N) is 1. The fourth-order valence-electron chi connectivity index (χ4n) is 2.80. The zero-order valence-corrected chi connectivity index (χ0v) is 13.1. The van der Waals surface area contributed by atoms with Crippen LogP contribution >= 0.6 is 0 Å². The molecule has 1 aliphatic rings. The van der Waals surface area contributed by atoms with Gasteiger partial charge in [0.1, 0.15) is 6.04 Å². The quantitative estimate of drug-likeness (QED) is 0.626. The van der Waals surface area contributed by atoms with Crippen LogP contribution in [0.1, 0.15) is 71.6 Å². The Kier molecular flexibility index (Phi) is 8.31. The number of amides is 2. The van der Waals surface area contributed by atoms with E-state index in [1.54, 1.807) is 4.90 Å². The summed E-state index contributed by atoms with van der Waals surface area (Å²) in [7, 11) is 0. The van der Waals surface area contributed by atoms with Crippen LogP contribution in [-0.4, -0.2) is 35.8 Å². The number of unbranched alkanes of at least 4 members (excludes halogenated alkanes) is 7. The van der Waals surface area contributed by atoms with Gasteiger partial charge in [0.25, 0.3) is 0 Å². The van der Waals surface area contributed by atoms with E-state index in [4.69, 9.17) is 0 Å². The first kappa shape index (κ1) is 17.0.